The molecule has 0 heterocycles. The van der Waals surface area contributed by atoms with Gasteiger partial charge in [-0.2, -0.15) is 0 Å². The van der Waals surface area contributed by atoms with Crippen molar-refractivity contribution < 1.29 is 19.1 Å². The second kappa shape index (κ2) is 17.8. The highest BCUT2D eigenvalue weighted by Gasteiger charge is 2.26. The van der Waals surface area contributed by atoms with Crippen LogP contribution in [0, 0.1) is 11.8 Å². The number of rotatable bonds is 17. The van der Waals surface area contributed by atoms with Crippen molar-refractivity contribution in [3.8, 4) is 0 Å². The molecule has 28 heavy (non-hydrogen) atoms. The molecular formula is C23H45NO4. The summed E-state index contributed by atoms with van der Waals surface area (Å²) in [7, 11) is 0. The summed E-state index contributed by atoms with van der Waals surface area (Å²) >= 11 is 0. The Morgan fingerprint density at radius 1 is 0.750 bits per heavy atom. The van der Waals surface area contributed by atoms with Gasteiger partial charge in [0.25, 0.3) is 0 Å². The second-order valence-electron chi connectivity index (χ2n) is 8.56. The predicted molar refractivity (Wildman–Crippen MR) is 115 cm³/mol. The Hall–Kier alpha value is -1.26. The van der Waals surface area contributed by atoms with Crippen LogP contribution < -0.4 is 5.32 Å². The summed E-state index contributed by atoms with van der Waals surface area (Å²) in [5.74, 6) is -0.156. The van der Waals surface area contributed by atoms with E-state index in [-0.39, 0.29) is 17.8 Å². The van der Waals surface area contributed by atoms with E-state index in [4.69, 9.17) is 9.47 Å². The molecule has 0 bridgehead atoms. The maximum atomic E-state index is 12.2. The number of hydrogen-bond donors (Lipinski definition) is 1. The molecule has 0 saturated carbocycles. The van der Waals surface area contributed by atoms with Crippen LogP contribution in [0.25, 0.3) is 0 Å². The van der Waals surface area contributed by atoms with Crippen molar-refractivity contribution in [2.75, 3.05) is 13.2 Å². The van der Waals surface area contributed by atoms with E-state index < -0.39 is 12.1 Å². The molecule has 1 unspecified atom stereocenters. The van der Waals surface area contributed by atoms with Gasteiger partial charge >= 0.3 is 12.1 Å². The van der Waals surface area contributed by atoms with E-state index in [2.05, 4.69) is 12.2 Å². The fourth-order valence-electron chi connectivity index (χ4n) is 2.94. The van der Waals surface area contributed by atoms with Crippen molar-refractivity contribution in [1.82, 2.24) is 5.32 Å². The normalized spacial score (nSPS) is 12.2. The third-order valence-corrected chi connectivity index (χ3v) is 4.73. The van der Waals surface area contributed by atoms with Crippen molar-refractivity contribution in [3.05, 3.63) is 0 Å². The van der Waals surface area contributed by atoms with Crippen molar-refractivity contribution >= 4 is 12.1 Å². The molecular weight excluding hydrogens is 354 g/mol. The number of alkyl carbamates (subject to hydrolysis) is 1. The summed E-state index contributed by atoms with van der Waals surface area (Å²) in [4.78, 5) is 24.0. The lowest BCUT2D eigenvalue weighted by molar-refractivity contribution is -0.147. The van der Waals surface area contributed by atoms with Gasteiger partial charge in [0.15, 0.2) is 0 Å². The standard InChI is InChI=1S/C23H45NO4/c1-6-7-8-9-10-11-12-13-14-15-16-17-27-22(25)21(20(4)5)24-23(26)28-18-19(2)3/h19-21H,6-18H2,1-5H3,(H,24,26). The third kappa shape index (κ3) is 15.8. The zero-order valence-corrected chi connectivity index (χ0v) is 19.1. The Morgan fingerprint density at radius 3 is 1.71 bits per heavy atom. The van der Waals surface area contributed by atoms with Crippen LogP contribution in [0.1, 0.15) is 105 Å². The highest BCUT2D eigenvalue weighted by atomic mass is 16.6. The molecule has 0 aromatic rings. The molecule has 1 amide bonds. The number of esters is 1. The number of hydrogen-bond acceptors (Lipinski definition) is 4. The quantitative estimate of drug-likeness (QED) is 0.232. The predicted octanol–water partition coefficient (Wildman–Crippen LogP) is 6.25. The van der Waals surface area contributed by atoms with E-state index in [0.29, 0.717) is 13.2 Å². The van der Waals surface area contributed by atoms with Crippen LogP contribution in [0.2, 0.25) is 0 Å². The smallest absolute Gasteiger partial charge is 0.407 e. The molecule has 0 aromatic carbocycles. The number of nitrogens with one attached hydrogen (secondary N) is 1. The number of carbonyl (C=O) groups excluding carboxylic acids is 2. The summed E-state index contributed by atoms with van der Waals surface area (Å²) in [5, 5.41) is 2.63. The molecule has 1 N–H and O–H groups in total. The Labute approximate surface area is 173 Å². The Bertz CT molecular complexity index is 396. The first-order chi connectivity index (χ1) is 13.4. The van der Waals surface area contributed by atoms with Gasteiger partial charge < -0.3 is 14.8 Å². The van der Waals surface area contributed by atoms with Crippen LogP contribution in [-0.2, 0) is 14.3 Å². The van der Waals surface area contributed by atoms with Crippen LogP contribution in [0.15, 0.2) is 0 Å². The van der Waals surface area contributed by atoms with Gasteiger partial charge in [-0.1, -0.05) is 98.8 Å². The first kappa shape index (κ1) is 26.7. The molecule has 5 nitrogen and oxygen atoms in total. The van der Waals surface area contributed by atoms with E-state index >= 15 is 0 Å². The molecule has 0 fully saturated rings. The lowest BCUT2D eigenvalue weighted by Gasteiger charge is -2.21. The van der Waals surface area contributed by atoms with E-state index in [1.165, 1.54) is 57.8 Å². The van der Waals surface area contributed by atoms with Crippen molar-refractivity contribution in [2.45, 2.75) is 111 Å². The molecule has 1 atom stereocenters. The number of amides is 1. The van der Waals surface area contributed by atoms with Crippen molar-refractivity contribution in [3.63, 3.8) is 0 Å². The van der Waals surface area contributed by atoms with Gasteiger partial charge in [-0.3, -0.25) is 0 Å². The molecule has 0 saturated heterocycles. The maximum absolute atomic E-state index is 12.2. The van der Waals surface area contributed by atoms with E-state index in [1.54, 1.807) is 0 Å². The van der Waals surface area contributed by atoms with Crippen LogP contribution in [0.4, 0.5) is 4.79 Å². The minimum Gasteiger partial charge on any atom is -0.464 e. The fourth-order valence-corrected chi connectivity index (χ4v) is 2.94. The summed E-state index contributed by atoms with van der Waals surface area (Å²) in [6.07, 6.45) is 13.3. The van der Waals surface area contributed by atoms with Gasteiger partial charge in [0, 0.05) is 0 Å². The second-order valence-corrected chi connectivity index (χ2v) is 8.56. The molecule has 5 heteroatoms. The minimum atomic E-state index is -0.660. The third-order valence-electron chi connectivity index (χ3n) is 4.73. The highest BCUT2D eigenvalue weighted by molar-refractivity contribution is 5.81. The maximum Gasteiger partial charge on any atom is 0.407 e. The van der Waals surface area contributed by atoms with E-state index in [9.17, 15) is 9.59 Å². The first-order valence-corrected chi connectivity index (χ1v) is 11.5. The number of unbranched alkanes of at least 4 members (excludes halogenated alkanes) is 10. The van der Waals surface area contributed by atoms with Gasteiger partial charge in [-0.05, 0) is 18.3 Å². The monoisotopic (exact) mass is 399 g/mol. The van der Waals surface area contributed by atoms with E-state index in [0.717, 1.165) is 12.8 Å². The summed E-state index contributed by atoms with van der Waals surface area (Å²) in [5.41, 5.74) is 0. The molecule has 0 rings (SSSR count). The average molecular weight is 400 g/mol. The molecule has 0 aromatic heterocycles. The molecule has 0 spiro atoms. The highest BCUT2D eigenvalue weighted by Crippen LogP contribution is 2.12. The lowest BCUT2D eigenvalue weighted by Crippen LogP contribution is -2.45. The van der Waals surface area contributed by atoms with E-state index in [1.807, 2.05) is 27.7 Å². The number of ether oxygens (including phenoxy) is 2. The summed E-state index contributed by atoms with van der Waals surface area (Å²) in [6.45, 7) is 10.7. The van der Waals surface area contributed by atoms with Crippen LogP contribution in [-0.4, -0.2) is 31.3 Å². The molecule has 0 radical (unpaired) electrons. The average Bonchev–Trinajstić information content (AvgIpc) is 2.64. The van der Waals surface area contributed by atoms with Crippen LogP contribution >= 0.6 is 0 Å². The minimum absolute atomic E-state index is 0.0450. The van der Waals surface area contributed by atoms with Gasteiger partial charge in [-0.15, -0.1) is 0 Å². The molecule has 0 aliphatic carbocycles. The van der Waals surface area contributed by atoms with Gasteiger partial charge in [-0.25, -0.2) is 9.59 Å². The Balaban J connectivity index is 3.76. The van der Waals surface area contributed by atoms with Gasteiger partial charge in [0.1, 0.15) is 6.04 Å². The fraction of sp³-hybridized carbons (Fsp3) is 0.913. The van der Waals surface area contributed by atoms with Crippen LogP contribution in [0.5, 0.6) is 0 Å². The molecule has 166 valence electrons. The molecule has 0 aliphatic rings. The largest absolute Gasteiger partial charge is 0.464 e. The zero-order valence-electron chi connectivity index (χ0n) is 19.1. The van der Waals surface area contributed by atoms with Crippen molar-refractivity contribution in [1.29, 1.82) is 0 Å². The Morgan fingerprint density at radius 2 is 1.25 bits per heavy atom. The van der Waals surface area contributed by atoms with Crippen LogP contribution in [0.3, 0.4) is 0 Å². The summed E-state index contributed by atoms with van der Waals surface area (Å²) < 4.78 is 10.5. The molecule has 0 aliphatic heterocycles. The van der Waals surface area contributed by atoms with Gasteiger partial charge in [0.2, 0.25) is 0 Å². The first-order valence-electron chi connectivity index (χ1n) is 11.5. The lowest BCUT2D eigenvalue weighted by atomic mass is 10.1. The van der Waals surface area contributed by atoms with Gasteiger partial charge in [0.05, 0.1) is 13.2 Å². The number of carbonyl (C=O) groups is 2. The Kier molecular flexibility index (Phi) is 17.0. The SMILES string of the molecule is CCCCCCCCCCCCCOC(=O)C(NC(=O)OCC(C)C)C(C)C. The zero-order chi connectivity index (χ0) is 21.2. The topological polar surface area (TPSA) is 64.6 Å². The van der Waals surface area contributed by atoms with Crippen molar-refractivity contribution in [2.24, 2.45) is 11.8 Å². The summed E-state index contributed by atoms with van der Waals surface area (Å²) in [6, 6.07) is -0.660.